The van der Waals surface area contributed by atoms with Gasteiger partial charge in [-0.2, -0.15) is 0 Å². The summed E-state index contributed by atoms with van der Waals surface area (Å²) >= 11 is 2.60. The highest BCUT2D eigenvalue weighted by Crippen LogP contribution is 2.50. The number of nitrogens with one attached hydrogen (secondary N) is 1. The molecule has 3 rings (SSSR count). The van der Waals surface area contributed by atoms with E-state index in [1.165, 1.54) is 28.4 Å². The van der Waals surface area contributed by atoms with Gasteiger partial charge in [-0.1, -0.05) is 11.8 Å². The fraction of sp³-hybridized carbons (Fsp3) is 0.583. The molecule has 0 aromatic heterocycles. The molecule has 2 amide bonds. The molecule has 0 aliphatic carbocycles. The Morgan fingerprint density at radius 2 is 2.10 bits per heavy atom. The number of carboxylic acid groups (broad SMARTS) is 1. The van der Waals surface area contributed by atoms with Gasteiger partial charge in [0.25, 0.3) is 0 Å². The summed E-state index contributed by atoms with van der Waals surface area (Å²) in [6.45, 7) is 2.95. The summed E-state index contributed by atoms with van der Waals surface area (Å²) in [7, 11) is 0. The number of carboxylic acids is 1. The van der Waals surface area contributed by atoms with Crippen LogP contribution in [0.4, 0.5) is 0 Å². The average molecular weight is 329 g/mol. The summed E-state index contributed by atoms with van der Waals surface area (Å²) in [6, 6.07) is 0. The van der Waals surface area contributed by atoms with Crippen molar-refractivity contribution in [3.63, 3.8) is 0 Å². The largest absolute Gasteiger partial charge is 0.477 e. The third kappa shape index (κ3) is 2.77. The van der Waals surface area contributed by atoms with Crippen LogP contribution in [0.5, 0.6) is 0 Å². The average Bonchev–Trinajstić information content (AvgIpc) is 2.78. The number of thioether (sulfide) groups is 2. The summed E-state index contributed by atoms with van der Waals surface area (Å²) in [6.07, 6.45) is 0.372. The Bertz CT molecular complexity index is 531. The summed E-state index contributed by atoms with van der Waals surface area (Å²) < 4.78 is 0.571. The summed E-state index contributed by atoms with van der Waals surface area (Å²) in [5.74, 6) is -1.03. The van der Waals surface area contributed by atoms with Crippen LogP contribution in [0, 0.1) is 0 Å². The number of nitrogens with zero attached hydrogens (tertiary/aromatic N) is 2. The van der Waals surface area contributed by atoms with Gasteiger partial charge in [0.1, 0.15) is 0 Å². The second kappa shape index (κ2) is 5.90. The smallest absolute Gasteiger partial charge is 0.354 e. The standard InChI is InChI=1S/C12H15N3O4S2/c16-7-5-9-15(7)10(11(18)19)12(21-9)20-6-8(17)14-3-1-13-2-4-14/h9,13H,1-6H2,(H,18,19)/t9-/m0/s1. The highest BCUT2D eigenvalue weighted by molar-refractivity contribution is 8.23. The number of carbonyl (C=O) groups is 3. The molecule has 2 N–H and O–H groups in total. The second-order valence-corrected chi connectivity index (χ2v) is 7.33. The summed E-state index contributed by atoms with van der Waals surface area (Å²) in [5.41, 5.74) is 0.0411. The number of fused-ring (bicyclic) bond motifs is 1. The molecule has 3 heterocycles. The zero-order valence-electron chi connectivity index (χ0n) is 11.2. The van der Waals surface area contributed by atoms with Crippen molar-refractivity contribution in [1.29, 1.82) is 0 Å². The Morgan fingerprint density at radius 1 is 1.38 bits per heavy atom. The van der Waals surface area contributed by atoms with Crippen LogP contribution in [0.25, 0.3) is 0 Å². The van der Waals surface area contributed by atoms with E-state index < -0.39 is 5.97 Å². The third-order valence-corrected chi connectivity index (χ3v) is 6.13. The van der Waals surface area contributed by atoms with E-state index >= 15 is 0 Å². The van der Waals surface area contributed by atoms with Crippen molar-refractivity contribution in [3.8, 4) is 0 Å². The Morgan fingerprint density at radius 3 is 2.71 bits per heavy atom. The van der Waals surface area contributed by atoms with Crippen LogP contribution in [-0.4, -0.2) is 70.0 Å². The van der Waals surface area contributed by atoms with E-state index in [2.05, 4.69) is 5.32 Å². The first-order valence-corrected chi connectivity index (χ1v) is 8.52. The quantitative estimate of drug-likeness (QED) is 0.685. The lowest BCUT2D eigenvalue weighted by molar-refractivity contribution is -0.145. The molecule has 0 unspecified atom stereocenters. The molecule has 7 nitrogen and oxygen atoms in total. The molecule has 9 heteroatoms. The minimum Gasteiger partial charge on any atom is -0.477 e. The van der Waals surface area contributed by atoms with Crippen molar-refractivity contribution in [2.24, 2.45) is 0 Å². The van der Waals surface area contributed by atoms with E-state index in [0.717, 1.165) is 13.1 Å². The van der Waals surface area contributed by atoms with Gasteiger partial charge in [0.05, 0.1) is 21.8 Å². The molecule has 114 valence electrons. The molecule has 0 aromatic carbocycles. The van der Waals surface area contributed by atoms with Crippen molar-refractivity contribution >= 4 is 41.3 Å². The number of hydrogen-bond acceptors (Lipinski definition) is 6. The maximum absolute atomic E-state index is 12.1. The maximum Gasteiger partial charge on any atom is 0.354 e. The van der Waals surface area contributed by atoms with Crippen LogP contribution in [0.1, 0.15) is 6.42 Å². The van der Waals surface area contributed by atoms with Gasteiger partial charge < -0.3 is 15.3 Å². The first-order chi connectivity index (χ1) is 10.1. The van der Waals surface area contributed by atoms with Gasteiger partial charge in [-0.25, -0.2) is 4.79 Å². The van der Waals surface area contributed by atoms with E-state index in [1.807, 2.05) is 0 Å². The predicted octanol–water partition coefficient (Wildman–Crippen LogP) is -0.290. The van der Waals surface area contributed by atoms with E-state index in [1.54, 1.807) is 4.90 Å². The van der Waals surface area contributed by atoms with Gasteiger partial charge >= 0.3 is 5.97 Å². The molecule has 2 saturated heterocycles. The van der Waals surface area contributed by atoms with Crippen LogP contribution in [0.15, 0.2) is 9.93 Å². The minimum atomic E-state index is -1.10. The van der Waals surface area contributed by atoms with Crippen LogP contribution >= 0.6 is 23.5 Å². The van der Waals surface area contributed by atoms with Gasteiger partial charge in [-0.3, -0.25) is 14.5 Å². The molecule has 1 atom stereocenters. The molecular weight excluding hydrogens is 314 g/mol. The monoisotopic (exact) mass is 329 g/mol. The molecule has 0 aromatic rings. The first kappa shape index (κ1) is 14.7. The van der Waals surface area contributed by atoms with Crippen molar-refractivity contribution in [3.05, 3.63) is 9.93 Å². The zero-order valence-corrected chi connectivity index (χ0v) is 12.8. The molecule has 21 heavy (non-hydrogen) atoms. The highest BCUT2D eigenvalue weighted by Gasteiger charge is 2.48. The highest BCUT2D eigenvalue weighted by atomic mass is 32.2. The van der Waals surface area contributed by atoms with E-state index in [4.69, 9.17) is 0 Å². The van der Waals surface area contributed by atoms with Gasteiger partial charge in [0.15, 0.2) is 5.70 Å². The Labute approximate surface area is 130 Å². The number of carbonyl (C=O) groups excluding carboxylic acids is 2. The van der Waals surface area contributed by atoms with Gasteiger partial charge in [0, 0.05) is 26.2 Å². The van der Waals surface area contributed by atoms with Crippen LogP contribution in [-0.2, 0) is 14.4 Å². The molecule has 0 bridgehead atoms. The minimum absolute atomic E-state index is 0.0138. The third-order valence-electron chi connectivity index (χ3n) is 3.58. The summed E-state index contributed by atoms with van der Waals surface area (Å²) in [5, 5.41) is 12.3. The summed E-state index contributed by atoms with van der Waals surface area (Å²) in [4.78, 5) is 38.0. The molecule has 0 spiro atoms. The number of β-lactam (4-membered cyclic amide) rings is 1. The Hall–Kier alpha value is -1.19. The predicted molar refractivity (Wildman–Crippen MR) is 79.4 cm³/mol. The SMILES string of the molecule is O=C(O)C1=C(SCC(=O)N2CCNCC2)S[C@H]2CC(=O)N12. The molecule has 3 aliphatic rings. The van der Waals surface area contributed by atoms with Crippen molar-refractivity contribution < 1.29 is 19.5 Å². The van der Waals surface area contributed by atoms with Crippen LogP contribution in [0.3, 0.4) is 0 Å². The van der Waals surface area contributed by atoms with Gasteiger partial charge in [0.2, 0.25) is 11.8 Å². The number of rotatable bonds is 4. The molecule has 0 saturated carbocycles. The lowest BCUT2D eigenvalue weighted by atomic mass is 10.2. The van der Waals surface area contributed by atoms with Crippen molar-refractivity contribution in [2.45, 2.75) is 11.8 Å². The van der Waals surface area contributed by atoms with Crippen molar-refractivity contribution in [2.75, 3.05) is 31.9 Å². The molecular formula is C12H15N3O4S2. The normalized spacial score (nSPS) is 25.0. The fourth-order valence-corrected chi connectivity index (χ4v) is 5.09. The lowest BCUT2D eigenvalue weighted by Crippen LogP contribution is -2.48. The molecule has 0 radical (unpaired) electrons. The van der Waals surface area contributed by atoms with E-state index in [9.17, 15) is 19.5 Å². The van der Waals surface area contributed by atoms with Gasteiger partial charge in [-0.15, -0.1) is 11.8 Å². The molecule has 3 aliphatic heterocycles. The maximum atomic E-state index is 12.1. The fourth-order valence-electron chi connectivity index (χ4n) is 2.45. The number of amides is 2. The van der Waals surface area contributed by atoms with Crippen LogP contribution < -0.4 is 5.32 Å². The van der Waals surface area contributed by atoms with E-state index in [0.29, 0.717) is 23.7 Å². The van der Waals surface area contributed by atoms with Gasteiger partial charge in [-0.05, 0) is 0 Å². The van der Waals surface area contributed by atoms with Crippen molar-refractivity contribution in [1.82, 2.24) is 15.1 Å². The van der Waals surface area contributed by atoms with Crippen LogP contribution in [0.2, 0.25) is 0 Å². The van der Waals surface area contributed by atoms with E-state index in [-0.39, 0.29) is 28.6 Å². The first-order valence-electron chi connectivity index (χ1n) is 6.65. The number of aliphatic carboxylic acids is 1. The topological polar surface area (TPSA) is 90.0 Å². The molecule has 2 fully saturated rings. The number of hydrogen-bond donors (Lipinski definition) is 2. The Kier molecular flexibility index (Phi) is 4.14. The zero-order chi connectivity index (χ0) is 15.0. The Balaban J connectivity index is 1.63. The second-order valence-electron chi connectivity index (χ2n) is 4.90. The number of piperazine rings is 1. The lowest BCUT2D eigenvalue weighted by Gasteiger charge is -2.33.